The van der Waals surface area contributed by atoms with Gasteiger partial charge in [0.1, 0.15) is 0 Å². The van der Waals surface area contributed by atoms with Gasteiger partial charge in [0, 0.05) is 50.5 Å². The van der Waals surface area contributed by atoms with Crippen LogP contribution in [-0.2, 0) is 12.1 Å². The van der Waals surface area contributed by atoms with E-state index in [2.05, 4.69) is 51.2 Å². The molecule has 33 heavy (non-hydrogen) atoms. The molecule has 3 heterocycles. The Kier molecular flexibility index (Phi) is 5.87. The van der Waals surface area contributed by atoms with Crippen LogP contribution in [0.4, 0.5) is 5.69 Å². The molecule has 1 aliphatic heterocycles. The lowest BCUT2D eigenvalue weighted by atomic mass is 9.95. The lowest BCUT2D eigenvalue weighted by Crippen LogP contribution is -2.31. The highest BCUT2D eigenvalue weighted by Gasteiger charge is 2.22. The monoisotopic (exact) mass is 441 g/mol. The first-order chi connectivity index (χ1) is 16.0. The lowest BCUT2D eigenvalue weighted by molar-refractivity contribution is 0.0788. The van der Waals surface area contributed by atoms with E-state index in [0.717, 1.165) is 72.7 Å². The van der Waals surface area contributed by atoms with Crippen molar-refractivity contribution in [3.05, 3.63) is 84.3 Å². The van der Waals surface area contributed by atoms with Gasteiger partial charge in [0.05, 0.1) is 28.2 Å². The van der Waals surface area contributed by atoms with E-state index in [9.17, 15) is 5.11 Å². The molecule has 1 fully saturated rings. The third-order valence-electron chi connectivity index (χ3n) is 6.37. The van der Waals surface area contributed by atoms with E-state index in [1.807, 2.05) is 55.2 Å². The molecule has 170 valence electrons. The molecule has 0 radical (unpaired) electrons. The second kappa shape index (κ2) is 8.96. The number of rotatable bonds is 5. The third kappa shape index (κ3) is 4.77. The van der Waals surface area contributed by atoms with E-state index in [0.29, 0.717) is 0 Å². The first-order valence-corrected chi connectivity index (χ1v) is 11.7. The van der Waals surface area contributed by atoms with E-state index in [4.69, 9.17) is 5.10 Å². The van der Waals surface area contributed by atoms with Crippen LogP contribution in [0.2, 0.25) is 0 Å². The van der Waals surface area contributed by atoms with Gasteiger partial charge in [-0.2, -0.15) is 5.10 Å². The summed E-state index contributed by atoms with van der Waals surface area (Å²) >= 11 is 0. The van der Waals surface area contributed by atoms with E-state index in [1.54, 1.807) is 0 Å². The molecule has 0 amide bonds. The fraction of sp³-hybridized carbons (Fsp3) is 0.333. The van der Waals surface area contributed by atoms with Crippen LogP contribution in [0, 0.1) is 0 Å². The molecular weight excluding hydrogens is 410 g/mol. The van der Waals surface area contributed by atoms with Crippen LogP contribution in [0.5, 0.6) is 0 Å². The van der Waals surface area contributed by atoms with Crippen molar-refractivity contribution in [1.82, 2.24) is 19.7 Å². The second-order valence-electron chi connectivity index (χ2n) is 9.33. The van der Waals surface area contributed by atoms with Crippen LogP contribution in [0.15, 0.2) is 73.1 Å². The maximum Gasteiger partial charge on any atom is 0.0935 e. The molecule has 0 saturated carbocycles. The molecule has 2 aromatic carbocycles. The predicted molar refractivity (Wildman–Crippen MR) is 133 cm³/mol. The fourth-order valence-electron chi connectivity index (χ4n) is 4.54. The van der Waals surface area contributed by atoms with Crippen molar-refractivity contribution in [1.29, 1.82) is 0 Å². The fourth-order valence-corrected chi connectivity index (χ4v) is 4.54. The minimum atomic E-state index is -0.895. The van der Waals surface area contributed by atoms with Crippen molar-refractivity contribution < 1.29 is 5.11 Å². The third-order valence-corrected chi connectivity index (χ3v) is 6.37. The second-order valence-corrected chi connectivity index (χ2v) is 9.33. The van der Waals surface area contributed by atoms with E-state index in [-0.39, 0.29) is 0 Å². The number of anilines is 1. The Morgan fingerprint density at radius 2 is 1.79 bits per heavy atom. The molecule has 0 aliphatic carbocycles. The maximum absolute atomic E-state index is 10.7. The number of nitrogens with zero attached hydrogens (tertiary/aromatic N) is 5. The zero-order chi connectivity index (χ0) is 22.8. The van der Waals surface area contributed by atoms with Crippen LogP contribution < -0.4 is 4.90 Å². The van der Waals surface area contributed by atoms with Crippen molar-refractivity contribution in [3.8, 4) is 5.69 Å². The number of fused-ring (bicyclic) bond motifs is 1. The molecule has 1 saturated heterocycles. The van der Waals surface area contributed by atoms with Gasteiger partial charge in [0.25, 0.3) is 0 Å². The van der Waals surface area contributed by atoms with Crippen molar-refractivity contribution in [2.24, 2.45) is 0 Å². The highest BCUT2D eigenvalue weighted by atomic mass is 16.3. The molecule has 4 aromatic rings. The number of hydrogen-bond acceptors (Lipinski definition) is 5. The number of pyridine rings is 1. The van der Waals surface area contributed by atoms with Crippen LogP contribution in [0.1, 0.15) is 31.5 Å². The SMILES string of the molecule is CC(C)(O)c1cc(N2CCCN(Cc3ccn(-c4ccccc4)n3)CC2)c2ncccc2c1. The van der Waals surface area contributed by atoms with Gasteiger partial charge in [0.15, 0.2) is 0 Å². The average molecular weight is 442 g/mol. The summed E-state index contributed by atoms with van der Waals surface area (Å²) in [5.41, 5.74) is 4.31. The predicted octanol–water partition coefficient (Wildman–Crippen LogP) is 4.36. The van der Waals surface area contributed by atoms with Crippen molar-refractivity contribution in [2.45, 2.75) is 32.4 Å². The molecule has 6 heteroatoms. The minimum absolute atomic E-state index is 0.844. The standard InChI is InChI=1S/C27H31N5O/c1-27(2,33)22-18-21-8-6-12-28-26(21)25(19-22)31-14-7-13-30(16-17-31)20-23-11-15-32(29-23)24-9-4-3-5-10-24/h3-6,8-12,15,18-19,33H,7,13-14,16-17,20H2,1-2H3. The normalized spacial score (nSPS) is 15.7. The maximum atomic E-state index is 10.7. The molecule has 1 N–H and O–H groups in total. The first-order valence-electron chi connectivity index (χ1n) is 11.7. The highest BCUT2D eigenvalue weighted by molar-refractivity contribution is 5.91. The van der Waals surface area contributed by atoms with Crippen LogP contribution >= 0.6 is 0 Å². The lowest BCUT2D eigenvalue weighted by Gasteiger charge is -2.27. The summed E-state index contributed by atoms with van der Waals surface area (Å²) in [6.07, 6.45) is 4.96. The molecule has 2 aromatic heterocycles. The Balaban J connectivity index is 1.33. The Morgan fingerprint density at radius 3 is 2.61 bits per heavy atom. The molecule has 0 unspecified atom stereocenters. The molecule has 1 aliphatic rings. The van der Waals surface area contributed by atoms with E-state index < -0.39 is 5.60 Å². The Morgan fingerprint density at radius 1 is 0.939 bits per heavy atom. The van der Waals surface area contributed by atoms with Gasteiger partial charge in [-0.05, 0) is 62.2 Å². The van der Waals surface area contributed by atoms with Crippen molar-refractivity contribution in [3.63, 3.8) is 0 Å². The van der Waals surface area contributed by atoms with Crippen molar-refractivity contribution in [2.75, 3.05) is 31.1 Å². The van der Waals surface area contributed by atoms with Gasteiger partial charge >= 0.3 is 0 Å². The zero-order valence-corrected chi connectivity index (χ0v) is 19.4. The van der Waals surface area contributed by atoms with E-state index in [1.165, 1.54) is 0 Å². The molecule has 5 rings (SSSR count). The van der Waals surface area contributed by atoms with Gasteiger partial charge in [-0.3, -0.25) is 9.88 Å². The number of para-hydroxylation sites is 1. The number of aromatic nitrogens is 3. The van der Waals surface area contributed by atoms with Gasteiger partial charge in [-0.25, -0.2) is 4.68 Å². The quantitative estimate of drug-likeness (QED) is 0.499. The highest BCUT2D eigenvalue weighted by Crippen LogP contribution is 2.32. The topological polar surface area (TPSA) is 57.4 Å². The molecular formula is C27H31N5O. The van der Waals surface area contributed by atoms with Gasteiger partial charge in [-0.1, -0.05) is 24.3 Å². The number of aliphatic hydroxyl groups is 1. The van der Waals surface area contributed by atoms with Crippen LogP contribution in [0.25, 0.3) is 16.6 Å². The summed E-state index contributed by atoms with van der Waals surface area (Å²) in [7, 11) is 0. The largest absolute Gasteiger partial charge is 0.386 e. The summed E-state index contributed by atoms with van der Waals surface area (Å²) in [4.78, 5) is 9.58. The van der Waals surface area contributed by atoms with Crippen molar-refractivity contribution >= 4 is 16.6 Å². The summed E-state index contributed by atoms with van der Waals surface area (Å²) in [6.45, 7) is 8.40. The zero-order valence-electron chi connectivity index (χ0n) is 19.4. The molecule has 0 atom stereocenters. The molecule has 0 bridgehead atoms. The first kappa shape index (κ1) is 21.6. The Labute approximate surface area is 195 Å². The minimum Gasteiger partial charge on any atom is -0.386 e. The Bertz CT molecular complexity index is 1230. The van der Waals surface area contributed by atoms with E-state index >= 15 is 0 Å². The molecule has 6 nitrogen and oxygen atoms in total. The number of benzene rings is 2. The Hall–Kier alpha value is -3.22. The summed E-state index contributed by atoms with van der Waals surface area (Å²) < 4.78 is 1.94. The summed E-state index contributed by atoms with van der Waals surface area (Å²) in [6, 6.07) is 20.5. The number of hydrogen-bond donors (Lipinski definition) is 1. The van der Waals surface area contributed by atoms with Crippen LogP contribution in [-0.4, -0.2) is 50.9 Å². The van der Waals surface area contributed by atoms with Gasteiger partial charge in [0.2, 0.25) is 0 Å². The van der Waals surface area contributed by atoms with Gasteiger partial charge in [-0.15, -0.1) is 0 Å². The summed E-state index contributed by atoms with van der Waals surface area (Å²) in [5, 5.41) is 16.5. The molecule has 0 spiro atoms. The average Bonchev–Trinajstić information content (AvgIpc) is 3.16. The summed E-state index contributed by atoms with van der Waals surface area (Å²) in [5.74, 6) is 0. The smallest absolute Gasteiger partial charge is 0.0935 e. The van der Waals surface area contributed by atoms with Crippen LogP contribution in [0.3, 0.4) is 0 Å². The van der Waals surface area contributed by atoms with Gasteiger partial charge < -0.3 is 10.0 Å².